The first-order valence-electron chi connectivity index (χ1n) is 13.8. The molecule has 3 saturated carbocycles. The van der Waals surface area contributed by atoms with Gasteiger partial charge in [0.2, 0.25) is 0 Å². The molecular weight excluding hydrogens is 398 g/mol. The third kappa shape index (κ3) is 6.50. The van der Waals surface area contributed by atoms with E-state index in [2.05, 4.69) is 6.92 Å². The molecule has 3 aliphatic rings. The Morgan fingerprint density at radius 3 is 1.88 bits per heavy atom. The highest BCUT2D eigenvalue weighted by Crippen LogP contribution is 2.37. The first kappa shape index (κ1) is 24.1. The van der Waals surface area contributed by atoms with Crippen molar-refractivity contribution in [3.05, 3.63) is 17.5 Å². The van der Waals surface area contributed by atoms with E-state index in [1.54, 1.807) is 0 Å². The Kier molecular flexibility index (Phi) is 9.33. The molecular formula is C27H45N3O2. The van der Waals surface area contributed by atoms with E-state index in [0.717, 1.165) is 43.3 Å². The highest BCUT2D eigenvalue weighted by atomic mass is 16.5. The molecule has 4 rings (SSSR count). The molecule has 0 aromatic carbocycles. The molecule has 5 heteroatoms. The predicted octanol–water partition coefficient (Wildman–Crippen LogP) is 6.56. The maximum atomic E-state index is 11.1. The molecule has 3 fully saturated rings. The maximum Gasteiger partial charge on any atom is 0.138 e. The quantitative estimate of drug-likeness (QED) is 0.438. The number of rotatable bonds is 9. The molecule has 1 aromatic rings. The van der Waals surface area contributed by atoms with Crippen molar-refractivity contribution in [3.63, 3.8) is 0 Å². The van der Waals surface area contributed by atoms with Crippen LogP contribution in [0.2, 0.25) is 0 Å². The molecule has 1 aromatic heterocycles. The van der Waals surface area contributed by atoms with Crippen LogP contribution in [0.25, 0.3) is 0 Å². The minimum atomic E-state index is -0.412. The van der Waals surface area contributed by atoms with Crippen LogP contribution in [0.4, 0.5) is 0 Å². The number of hydrogen-bond donors (Lipinski definition) is 1. The Bertz CT molecular complexity index is 649. The van der Waals surface area contributed by atoms with Crippen molar-refractivity contribution in [1.82, 2.24) is 15.0 Å². The van der Waals surface area contributed by atoms with Crippen molar-refractivity contribution in [2.75, 3.05) is 6.61 Å². The van der Waals surface area contributed by atoms with Crippen molar-refractivity contribution >= 4 is 0 Å². The van der Waals surface area contributed by atoms with Crippen molar-refractivity contribution in [2.45, 2.75) is 146 Å². The molecule has 3 aliphatic carbocycles. The zero-order chi connectivity index (χ0) is 22.2. The molecule has 0 aliphatic heterocycles. The minimum Gasteiger partial charge on any atom is -0.392 e. The molecule has 0 spiro atoms. The lowest BCUT2D eigenvalue weighted by molar-refractivity contribution is -0.0259. The Hall–Kier alpha value is -1.07. The topological polar surface area (TPSA) is 68.1 Å². The molecule has 32 heavy (non-hydrogen) atoms. The molecule has 0 radical (unpaired) electrons. The van der Waals surface area contributed by atoms with Gasteiger partial charge in [0.15, 0.2) is 0 Å². The van der Waals surface area contributed by atoms with Gasteiger partial charge in [-0.05, 0) is 44.9 Å². The van der Waals surface area contributed by atoms with Crippen LogP contribution in [-0.4, -0.2) is 38.9 Å². The van der Waals surface area contributed by atoms with Crippen LogP contribution >= 0.6 is 0 Å². The van der Waals surface area contributed by atoms with E-state index >= 15 is 0 Å². The molecule has 3 unspecified atom stereocenters. The highest BCUT2D eigenvalue weighted by Gasteiger charge is 2.34. The van der Waals surface area contributed by atoms with Crippen LogP contribution in [0, 0.1) is 0 Å². The largest absolute Gasteiger partial charge is 0.392 e. The number of unbranched alkanes of at least 4 members (excludes halogenated alkanes) is 3. The van der Waals surface area contributed by atoms with Gasteiger partial charge in [-0.3, -0.25) is 0 Å². The Morgan fingerprint density at radius 2 is 1.31 bits per heavy atom. The van der Waals surface area contributed by atoms with Gasteiger partial charge in [0.25, 0.3) is 0 Å². The van der Waals surface area contributed by atoms with Crippen LogP contribution in [0.3, 0.4) is 0 Å². The summed E-state index contributed by atoms with van der Waals surface area (Å²) in [7, 11) is 0. The van der Waals surface area contributed by atoms with Crippen molar-refractivity contribution in [1.29, 1.82) is 0 Å². The van der Waals surface area contributed by atoms with Gasteiger partial charge in [-0.2, -0.15) is 0 Å². The zero-order valence-corrected chi connectivity index (χ0v) is 20.3. The fourth-order valence-corrected chi connectivity index (χ4v) is 6.02. The fourth-order valence-electron chi connectivity index (χ4n) is 6.02. The smallest absolute Gasteiger partial charge is 0.138 e. The van der Waals surface area contributed by atoms with E-state index in [1.165, 1.54) is 83.5 Å². The number of aromatic nitrogens is 3. The summed E-state index contributed by atoms with van der Waals surface area (Å²) in [5.74, 6) is 3.91. The zero-order valence-electron chi connectivity index (χ0n) is 20.3. The molecule has 3 atom stereocenters. The van der Waals surface area contributed by atoms with Crippen LogP contribution < -0.4 is 0 Å². The van der Waals surface area contributed by atoms with Gasteiger partial charge in [-0.25, -0.2) is 15.0 Å². The van der Waals surface area contributed by atoms with Gasteiger partial charge in [0.05, 0.1) is 12.2 Å². The second kappa shape index (κ2) is 12.4. The molecule has 0 saturated heterocycles. The van der Waals surface area contributed by atoms with Gasteiger partial charge < -0.3 is 9.84 Å². The van der Waals surface area contributed by atoms with E-state index in [-0.39, 0.29) is 12.0 Å². The molecule has 1 heterocycles. The van der Waals surface area contributed by atoms with Crippen LogP contribution in [0.1, 0.15) is 151 Å². The molecule has 0 bridgehead atoms. The summed E-state index contributed by atoms with van der Waals surface area (Å²) < 4.78 is 6.11. The summed E-state index contributed by atoms with van der Waals surface area (Å²) in [6.45, 7) is 3.06. The highest BCUT2D eigenvalue weighted by molar-refractivity contribution is 5.12. The van der Waals surface area contributed by atoms with Gasteiger partial charge in [0.1, 0.15) is 17.5 Å². The monoisotopic (exact) mass is 443 g/mol. The summed E-state index contributed by atoms with van der Waals surface area (Å²) in [6, 6.07) is 0. The molecule has 5 nitrogen and oxygen atoms in total. The van der Waals surface area contributed by atoms with Crippen LogP contribution in [-0.2, 0) is 4.74 Å². The van der Waals surface area contributed by atoms with Gasteiger partial charge >= 0.3 is 0 Å². The van der Waals surface area contributed by atoms with Crippen LogP contribution in [0.5, 0.6) is 0 Å². The van der Waals surface area contributed by atoms with E-state index in [1.807, 2.05) is 0 Å². The SMILES string of the molecule is CCCCCCOC1CCC(c2nc(C3CCCCC3)nc(C3CCCCC3)n2)C(O)C1. The summed E-state index contributed by atoms with van der Waals surface area (Å²) in [4.78, 5) is 15.1. The maximum absolute atomic E-state index is 11.1. The van der Waals surface area contributed by atoms with Crippen molar-refractivity contribution in [3.8, 4) is 0 Å². The first-order chi connectivity index (χ1) is 15.7. The molecule has 1 N–H and O–H groups in total. The summed E-state index contributed by atoms with van der Waals surface area (Å²) in [5, 5.41) is 11.1. The van der Waals surface area contributed by atoms with E-state index in [0.29, 0.717) is 18.3 Å². The summed E-state index contributed by atoms with van der Waals surface area (Å²) in [5.41, 5.74) is 0. The van der Waals surface area contributed by atoms with E-state index in [4.69, 9.17) is 19.7 Å². The van der Waals surface area contributed by atoms with Gasteiger partial charge in [0, 0.05) is 30.8 Å². The fraction of sp³-hybridized carbons (Fsp3) is 0.889. The van der Waals surface area contributed by atoms with E-state index in [9.17, 15) is 5.11 Å². The number of aliphatic hydroxyl groups excluding tert-OH is 1. The van der Waals surface area contributed by atoms with Gasteiger partial charge in [-0.15, -0.1) is 0 Å². The first-order valence-corrected chi connectivity index (χ1v) is 13.8. The number of aliphatic hydroxyl groups is 1. The number of nitrogens with zero attached hydrogens (tertiary/aromatic N) is 3. The normalized spacial score (nSPS) is 28.1. The molecule has 0 amide bonds. The Morgan fingerprint density at radius 1 is 0.719 bits per heavy atom. The van der Waals surface area contributed by atoms with Gasteiger partial charge in [-0.1, -0.05) is 64.7 Å². The lowest BCUT2D eigenvalue weighted by Crippen LogP contribution is -2.34. The Balaban J connectivity index is 1.44. The number of ether oxygens (including phenoxy) is 1. The van der Waals surface area contributed by atoms with Crippen LogP contribution in [0.15, 0.2) is 0 Å². The lowest BCUT2D eigenvalue weighted by atomic mass is 9.83. The lowest BCUT2D eigenvalue weighted by Gasteiger charge is -2.33. The second-order valence-corrected chi connectivity index (χ2v) is 10.6. The Labute approximate surface area is 195 Å². The third-order valence-electron chi connectivity index (χ3n) is 8.08. The second-order valence-electron chi connectivity index (χ2n) is 10.6. The third-order valence-corrected chi connectivity index (χ3v) is 8.08. The standard InChI is InChI=1S/C27H45N3O2/c1-2-3-4-11-18-32-22-16-17-23(24(31)19-22)27-29-25(20-12-7-5-8-13-20)28-26(30-27)21-14-9-6-10-15-21/h20-24,31H,2-19H2,1H3. The minimum absolute atomic E-state index is 0.0302. The van der Waals surface area contributed by atoms with Crippen molar-refractivity contribution in [2.24, 2.45) is 0 Å². The van der Waals surface area contributed by atoms with Crippen molar-refractivity contribution < 1.29 is 9.84 Å². The summed E-state index contributed by atoms with van der Waals surface area (Å²) >= 11 is 0. The number of hydrogen-bond acceptors (Lipinski definition) is 5. The molecule has 180 valence electrons. The average molecular weight is 444 g/mol. The summed E-state index contributed by atoms with van der Waals surface area (Å²) in [6.07, 6.45) is 19.9. The van der Waals surface area contributed by atoms with E-state index < -0.39 is 6.10 Å². The average Bonchev–Trinajstić information content (AvgIpc) is 2.85. The predicted molar refractivity (Wildman–Crippen MR) is 128 cm³/mol.